The lowest BCUT2D eigenvalue weighted by Crippen LogP contribution is -2.15. The Morgan fingerprint density at radius 1 is 0.645 bits per heavy atom. The number of nitrogens with zero attached hydrogens (tertiary/aromatic N) is 1. The predicted octanol–water partition coefficient (Wildman–Crippen LogP) is 9.19. The molecule has 0 bridgehead atoms. The third-order valence-electron chi connectivity index (χ3n) is 7.39. The summed E-state index contributed by atoms with van der Waals surface area (Å²) in [7, 11) is 0. The number of hydrogen-bond acceptors (Lipinski definition) is 1. The zero-order valence-electron chi connectivity index (χ0n) is 20.2. The van der Waals surface area contributed by atoms with E-state index in [1.165, 1.54) is 107 Å². The molecule has 0 atom stereocenters. The molecule has 1 aliphatic carbocycles. The van der Waals surface area contributed by atoms with Crippen molar-refractivity contribution in [3.8, 4) is 11.3 Å². The zero-order chi connectivity index (χ0) is 21.7. The van der Waals surface area contributed by atoms with Crippen LogP contribution in [0.2, 0.25) is 0 Å². The minimum atomic E-state index is 0.952. The molecule has 1 fully saturated rings. The van der Waals surface area contributed by atoms with Gasteiger partial charge in [-0.25, -0.2) is 0 Å². The highest BCUT2D eigenvalue weighted by Crippen LogP contribution is 2.34. The quantitative estimate of drug-likeness (QED) is 0.295. The molecule has 0 spiro atoms. The number of unbranched alkanes of at least 4 members (excludes halogenated alkanes) is 5. The third kappa shape index (κ3) is 8.43. The van der Waals surface area contributed by atoms with Gasteiger partial charge in [-0.15, -0.1) is 0 Å². The maximum atomic E-state index is 4.66. The molecule has 1 saturated carbocycles. The van der Waals surface area contributed by atoms with Crippen molar-refractivity contribution in [1.29, 1.82) is 0 Å². The van der Waals surface area contributed by atoms with E-state index in [0.717, 1.165) is 24.0 Å². The van der Waals surface area contributed by atoms with E-state index in [4.69, 9.17) is 0 Å². The Hall–Kier alpha value is -1.63. The van der Waals surface area contributed by atoms with Gasteiger partial charge in [0.15, 0.2) is 0 Å². The lowest BCUT2D eigenvalue weighted by Gasteiger charge is -2.28. The summed E-state index contributed by atoms with van der Waals surface area (Å²) >= 11 is 0. The molecule has 1 heteroatoms. The van der Waals surface area contributed by atoms with Crippen LogP contribution in [0.5, 0.6) is 0 Å². The smallest absolute Gasteiger partial charge is 0.0702 e. The van der Waals surface area contributed by atoms with Gasteiger partial charge < -0.3 is 0 Å². The van der Waals surface area contributed by atoms with Crippen LogP contribution < -0.4 is 0 Å². The average molecular weight is 420 g/mol. The predicted molar refractivity (Wildman–Crippen MR) is 135 cm³/mol. The topological polar surface area (TPSA) is 12.9 Å². The lowest BCUT2D eigenvalue weighted by atomic mass is 9.77. The molecule has 170 valence electrons. The maximum absolute atomic E-state index is 4.66. The Morgan fingerprint density at radius 3 is 1.94 bits per heavy atom. The second-order valence-electron chi connectivity index (χ2n) is 9.98. The van der Waals surface area contributed by atoms with Gasteiger partial charge in [0.1, 0.15) is 0 Å². The molecule has 2 aromatic rings. The van der Waals surface area contributed by atoms with Crippen molar-refractivity contribution in [2.75, 3.05) is 0 Å². The molecule has 0 radical (unpaired) electrons. The van der Waals surface area contributed by atoms with Crippen LogP contribution in [-0.4, -0.2) is 4.98 Å². The van der Waals surface area contributed by atoms with E-state index < -0.39 is 0 Å². The van der Waals surface area contributed by atoms with Crippen LogP contribution in [0.4, 0.5) is 0 Å². The normalized spacial score (nSPS) is 18.9. The van der Waals surface area contributed by atoms with Gasteiger partial charge in [0, 0.05) is 11.8 Å². The number of aryl methyl sites for hydroxylation is 2. The molecule has 1 aromatic carbocycles. The van der Waals surface area contributed by atoms with Crippen molar-refractivity contribution in [2.45, 2.75) is 110 Å². The molecular weight excluding hydrogens is 374 g/mol. The summed E-state index contributed by atoms with van der Waals surface area (Å²) in [5, 5.41) is 0. The molecule has 1 aliphatic rings. The molecule has 1 nitrogen and oxygen atoms in total. The monoisotopic (exact) mass is 419 g/mol. The Labute approximate surface area is 192 Å². The van der Waals surface area contributed by atoms with Crippen molar-refractivity contribution in [2.24, 2.45) is 11.8 Å². The minimum Gasteiger partial charge on any atom is -0.256 e. The molecule has 1 aromatic heterocycles. The third-order valence-corrected chi connectivity index (χ3v) is 7.39. The zero-order valence-corrected chi connectivity index (χ0v) is 20.2. The van der Waals surface area contributed by atoms with E-state index in [9.17, 15) is 0 Å². The fraction of sp³-hybridized carbons (Fsp3) is 0.633. The second kappa shape index (κ2) is 13.7. The molecule has 0 unspecified atom stereocenters. The Kier molecular flexibility index (Phi) is 10.6. The molecular formula is C30H45N. The van der Waals surface area contributed by atoms with Crippen LogP contribution in [-0.2, 0) is 12.8 Å². The van der Waals surface area contributed by atoms with Gasteiger partial charge in [-0.1, -0.05) is 121 Å². The maximum Gasteiger partial charge on any atom is 0.0702 e. The highest BCUT2D eigenvalue weighted by atomic mass is 14.7. The van der Waals surface area contributed by atoms with E-state index in [1.54, 1.807) is 0 Å². The highest BCUT2D eigenvalue weighted by molar-refractivity contribution is 5.59. The fourth-order valence-corrected chi connectivity index (χ4v) is 5.27. The summed E-state index contributed by atoms with van der Waals surface area (Å²) < 4.78 is 0. The van der Waals surface area contributed by atoms with E-state index in [0.29, 0.717) is 0 Å². The Bertz CT molecular complexity index is 707. The molecule has 0 saturated heterocycles. The summed E-state index contributed by atoms with van der Waals surface area (Å²) in [6, 6.07) is 13.6. The average Bonchev–Trinajstić information content (AvgIpc) is 2.82. The van der Waals surface area contributed by atoms with Crippen molar-refractivity contribution >= 4 is 0 Å². The second-order valence-corrected chi connectivity index (χ2v) is 9.98. The first kappa shape index (κ1) is 24.0. The molecule has 1 heterocycles. The first-order valence-corrected chi connectivity index (χ1v) is 13.3. The minimum absolute atomic E-state index is 0.952. The van der Waals surface area contributed by atoms with E-state index in [1.807, 2.05) is 6.20 Å². The van der Waals surface area contributed by atoms with Gasteiger partial charge in [-0.2, -0.15) is 0 Å². The molecule has 0 aliphatic heterocycles. The first-order valence-electron chi connectivity index (χ1n) is 13.3. The van der Waals surface area contributed by atoms with Crippen molar-refractivity contribution in [3.05, 3.63) is 53.7 Å². The largest absolute Gasteiger partial charge is 0.256 e. The standard InChI is InChI=1S/C30H45N/c1-3-5-6-7-8-9-11-25-12-14-26(15-13-25)16-17-27-18-21-29(22-19-27)30-23-20-28(10-4-2)24-31-30/h18-26H,3-17H2,1-2H3/t25-,26-. The lowest BCUT2D eigenvalue weighted by molar-refractivity contribution is 0.248. The van der Waals surface area contributed by atoms with Crippen LogP contribution >= 0.6 is 0 Å². The SMILES string of the molecule is CCCCCCCC[C@H]1CC[C@H](CCc2ccc(-c3ccc(CCC)cn3)cc2)CC1. The highest BCUT2D eigenvalue weighted by Gasteiger charge is 2.20. The van der Waals surface area contributed by atoms with Gasteiger partial charge in [0.25, 0.3) is 0 Å². The van der Waals surface area contributed by atoms with E-state index >= 15 is 0 Å². The van der Waals surface area contributed by atoms with Gasteiger partial charge in [0.05, 0.1) is 5.69 Å². The van der Waals surface area contributed by atoms with Crippen molar-refractivity contribution < 1.29 is 0 Å². The van der Waals surface area contributed by atoms with Crippen LogP contribution in [0.3, 0.4) is 0 Å². The van der Waals surface area contributed by atoms with Crippen molar-refractivity contribution in [1.82, 2.24) is 4.98 Å². The van der Waals surface area contributed by atoms with Gasteiger partial charge in [-0.3, -0.25) is 4.98 Å². The fourth-order valence-electron chi connectivity index (χ4n) is 5.27. The molecule has 0 N–H and O–H groups in total. The van der Waals surface area contributed by atoms with Crippen LogP contribution in [0.15, 0.2) is 42.6 Å². The van der Waals surface area contributed by atoms with Gasteiger partial charge >= 0.3 is 0 Å². The molecule has 0 amide bonds. The van der Waals surface area contributed by atoms with E-state index in [-0.39, 0.29) is 0 Å². The summed E-state index contributed by atoms with van der Waals surface area (Å²) in [6.07, 6.45) is 23.0. The molecule has 31 heavy (non-hydrogen) atoms. The van der Waals surface area contributed by atoms with Crippen LogP contribution in [0.1, 0.15) is 108 Å². The summed E-state index contributed by atoms with van der Waals surface area (Å²) in [6.45, 7) is 4.52. The summed E-state index contributed by atoms with van der Waals surface area (Å²) in [5.74, 6) is 1.98. The number of hydrogen-bond donors (Lipinski definition) is 0. The number of rotatable bonds is 13. The number of benzene rings is 1. The summed E-state index contributed by atoms with van der Waals surface area (Å²) in [5.41, 5.74) is 5.15. The Balaban J connectivity index is 1.33. The van der Waals surface area contributed by atoms with Crippen LogP contribution in [0.25, 0.3) is 11.3 Å². The first-order chi connectivity index (χ1) is 15.3. The van der Waals surface area contributed by atoms with Gasteiger partial charge in [-0.05, 0) is 48.3 Å². The number of pyridine rings is 1. The van der Waals surface area contributed by atoms with E-state index in [2.05, 4.69) is 55.2 Å². The van der Waals surface area contributed by atoms with Crippen molar-refractivity contribution in [3.63, 3.8) is 0 Å². The van der Waals surface area contributed by atoms with Crippen LogP contribution in [0, 0.1) is 11.8 Å². The Morgan fingerprint density at radius 2 is 1.29 bits per heavy atom. The number of aromatic nitrogens is 1. The van der Waals surface area contributed by atoms with Gasteiger partial charge in [0.2, 0.25) is 0 Å². The molecule has 3 rings (SSSR count). The summed E-state index contributed by atoms with van der Waals surface area (Å²) in [4.78, 5) is 4.66.